The molecule has 0 aliphatic heterocycles. The van der Waals surface area contributed by atoms with Crippen LogP contribution in [-0.2, 0) is 4.74 Å². The van der Waals surface area contributed by atoms with Crippen molar-refractivity contribution >= 4 is 0 Å². The van der Waals surface area contributed by atoms with E-state index >= 15 is 0 Å². The second-order valence-corrected chi connectivity index (χ2v) is 2.95. The van der Waals surface area contributed by atoms with Crippen molar-refractivity contribution in [3.63, 3.8) is 0 Å². The normalized spacial score (nSPS) is 16.4. The second-order valence-electron chi connectivity index (χ2n) is 2.95. The van der Waals surface area contributed by atoms with Gasteiger partial charge < -0.3 is 4.74 Å². The SMILES string of the molecule is CCC(C)NNC(C)COC. The molecule has 0 aromatic heterocycles. The highest BCUT2D eigenvalue weighted by Gasteiger charge is 2.01. The average molecular weight is 160 g/mol. The molecule has 0 amide bonds. The van der Waals surface area contributed by atoms with E-state index < -0.39 is 0 Å². The molecule has 3 heteroatoms. The molecule has 0 radical (unpaired) electrons. The van der Waals surface area contributed by atoms with Gasteiger partial charge in [0.1, 0.15) is 0 Å². The fourth-order valence-electron chi connectivity index (χ4n) is 0.678. The minimum atomic E-state index is 0.369. The lowest BCUT2D eigenvalue weighted by Crippen LogP contribution is -2.45. The zero-order chi connectivity index (χ0) is 8.69. The maximum atomic E-state index is 4.97. The van der Waals surface area contributed by atoms with E-state index in [-0.39, 0.29) is 0 Å². The number of methoxy groups -OCH3 is 1. The second kappa shape index (κ2) is 6.58. The summed E-state index contributed by atoms with van der Waals surface area (Å²) < 4.78 is 4.97. The lowest BCUT2D eigenvalue weighted by Gasteiger charge is -2.17. The lowest BCUT2D eigenvalue weighted by atomic mass is 10.3. The first-order valence-corrected chi connectivity index (χ1v) is 4.20. The molecule has 0 aromatic carbocycles. The van der Waals surface area contributed by atoms with Crippen LogP contribution in [0.25, 0.3) is 0 Å². The minimum Gasteiger partial charge on any atom is -0.383 e. The lowest BCUT2D eigenvalue weighted by molar-refractivity contribution is 0.162. The molecule has 0 saturated heterocycles. The number of rotatable bonds is 6. The van der Waals surface area contributed by atoms with Gasteiger partial charge in [-0.3, -0.25) is 10.9 Å². The van der Waals surface area contributed by atoms with Crippen molar-refractivity contribution in [2.24, 2.45) is 0 Å². The molecule has 68 valence electrons. The Balaban J connectivity index is 3.22. The molecule has 0 aromatic rings. The van der Waals surface area contributed by atoms with Gasteiger partial charge in [0.05, 0.1) is 6.61 Å². The van der Waals surface area contributed by atoms with Crippen LogP contribution < -0.4 is 10.9 Å². The van der Waals surface area contributed by atoms with E-state index in [0.717, 1.165) is 13.0 Å². The first-order chi connectivity index (χ1) is 5.20. The summed E-state index contributed by atoms with van der Waals surface area (Å²) in [5.41, 5.74) is 6.35. The third-order valence-electron chi connectivity index (χ3n) is 1.61. The predicted molar refractivity (Wildman–Crippen MR) is 47.4 cm³/mol. The topological polar surface area (TPSA) is 33.3 Å². The smallest absolute Gasteiger partial charge is 0.0626 e. The van der Waals surface area contributed by atoms with Gasteiger partial charge in [0, 0.05) is 19.2 Å². The Morgan fingerprint density at radius 1 is 1.18 bits per heavy atom. The van der Waals surface area contributed by atoms with Gasteiger partial charge >= 0.3 is 0 Å². The van der Waals surface area contributed by atoms with Crippen molar-refractivity contribution in [1.82, 2.24) is 10.9 Å². The monoisotopic (exact) mass is 160 g/mol. The van der Waals surface area contributed by atoms with Crippen LogP contribution in [0.2, 0.25) is 0 Å². The molecule has 2 unspecified atom stereocenters. The third kappa shape index (κ3) is 6.28. The van der Waals surface area contributed by atoms with Crippen molar-refractivity contribution in [2.45, 2.75) is 39.3 Å². The molecule has 0 bridgehead atoms. The van der Waals surface area contributed by atoms with Crippen LogP contribution in [0.4, 0.5) is 0 Å². The molecular formula is C8H20N2O. The highest BCUT2D eigenvalue weighted by Crippen LogP contribution is 1.86. The first-order valence-electron chi connectivity index (χ1n) is 4.20. The predicted octanol–water partition coefficient (Wildman–Crippen LogP) is 0.914. The van der Waals surface area contributed by atoms with Crippen LogP contribution >= 0.6 is 0 Å². The maximum Gasteiger partial charge on any atom is 0.0626 e. The molecule has 0 fully saturated rings. The van der Waals surface area contributed by atoms with Gasteiger partial charge in [0.25, 0.3) is 0 Å². The van der Waals surface area contributed by atoms with Crippen molar-refractivity contribution in [3.05, 3.63) is 0 Å². The molecular weight excluding hydrogens is 140 g/mol. The highest BCUT2D eigenvalue weighted by atomic mass is 16.5. The largest absolute Gasteiger partial charge is 0.383 e. The fourth-order valence-corrected chi connectivity index (χ4v) is 0.678. The number of hydrazine groups is 1. The average Bonchev–Trinajstić information content (AvgIpc) is 2.01. The summed E-state index contributed by atoms with van der Waals surface area (Å²) in [6, 6.07) is 0.892. The quantitative estimate of drug-likeness (QED) is 0.567. The molecule has 2 atom stereocenters. The summed E-state index contributed by atoms with van der Waals surface area (Å²) in [6.45, 7) is 7.12. The molecule has 11 heavy (non-hydrogen) atoms. The van der Waals surface area contributed by atoms with Gasteiger partial charge in [-0.25, -0.2) is 0 Å². The number of ether oxygens (including phenoxy) is 1. The molecule has 0 spiro atoms. The molecule has 0 saturated carbocycles. The van der Waals surface area contributed by atoms with Gasteiger partial charge in [-0.15, -0.1) is 0 Å². The number of nitrogens with one attached hydrogen (secondary N) is 2. The minimum absolute atomic E-state index is 0.369. The Morgan fingerprint density at radius 3 is 2.18 bits per heavy atom. The zero-order valence-corrected chi connectivity index (χ0v) is 7.98. The van der Waals surface area contributed by atoms with Gasteiger partial charge in [0.15, 0.2) is 0 Å². The van der Waals surface area contributed by atoms with E-state index in [1.54, 1.807) is 7.11 Å². The Labute approximate surface area is 69.5 Å². The molecule has 2 N–H and O–H groups in total. The summed E-state index contributed by atoms with van der Waals surface area (Å²) in [7, 11) is 1.71. The molecule has 0 aliphatic carbocycles. The third-order valence-corrected chi connectivity index (χ3v) is 1.61. The summed E-state index contributed by atoms with van der Waals surface area (Å²) in [4.78, 5) is 0. The maximum absolute atomic E-state index is 4.97. The van der Waals surface area contributed by atoms with Crippen LogP contribution in [0, 0.1) is 0 Å². The van der Waals surface area contributed by atoms with Crippen LogP contribution in [0.1, 0.15) is 27.2 Å². The zero-order valence-electron chi connectivity index (χ0n) is 7.98. The number of hydrogen-bond donors (Lipinski definition) is 2. The molecule has 0 aliphatic rings. The standard InChI is InChI=1S/C8H20N2O/c1-5-7(2)9-10-8(3)6-11-4/h7-10H,5-6H2,1-4H3. The molecule has 3 nitrogen and oxygen atoms in total. The Morgan fingerprint density at radius 2 is 1.73 bits per heavy atom. The van der Waals surface area contributed by atoms with Gasteiger partial charge in [-0.05, 0) is 20.3 Å². The van der Waals surface area contributed by atoms with Crippen LogP contribution in [-0.4, -0.2) is 25.8 Å². The van der Waals surface area contributed by atoms with Crippen molar-refractivity contribution in [3.8, 4) is 0 Å². The van der Waals surface area contributed by atoms with E-state index in [1.807, 2.05) is 0 Å². The van der Waals surface area contributed by atoms with Crippen molar-refractivity contribution in [1.29, 1.82) is 0 Å². The molecule has 0 heterocycles. The van der Waals surface area contributed by atoms with Crippen LogP contribution in [0.5, 0.6) is 0 Å². The van der Waals surface area contributed by atoms with E-state index in [1.165, 1.54) is 0 Å². The first kappa shape index (κ1) is 10.9. The van der Waals surface area contributed by atoms with Crippen molar-refractivity contribution < 1.29 is 4.74 Å². The highest BCUT2D eigenvalue weighted by molar-refractivity contribution is 4.58. The summed E-state index contributed by atoms with van der Waals surface area (Å²) >= 11 is 0. The van der Waals surface area contributed by atoms with Gasteiger partial charge in [-0.2, -0.15) is 0 Å². The number of hydrogen-bond acceptors (Lipinski definition) is 3. The Kier molecular flexibility index (Phi) is 6.51. The summed E-state index contributed by atoms with van der Waals surface area (Å²) in [5.74, 6) is 0. The van der Waals surface area contributed by atoms with Crippen LogP contribution in [0.3, 0.4) is 0 Å². The Hall–Kier alpha value is -0.120. The summed E-state index contributed by atoms with van der Waals surface area (Å²) in [5, 5.41) is 0. The molecule has 0 rings (SSSR count). The Bertz CT molecular complexity index is 88.2. The summed E-state index contributed by atoms with van der Waals surface area (Å²) in [6.07, 6.45) is 1.13. The fraction of sp³-hybridized carbons (Fsp3) is 1.00. The van der Waals surface area contributed by atoms with Crippen LogP contribution in [0.15, 0.2) is 0 Å². The van der Waals surface area contributed by atoms with E-state index in [9.17, 15) is 0 Å². The van der Waals surface area contributed by atoms with E-state index in [4.69, 9.17) is 4.74 Å². The van der Waals surface area contributed by atoms with Crippen molar-refractivity contribution in [2.75, 3.05) is 13.7 Å². The van der Waals surface area contributed by atoms with Gasteiger partial charge in [-0.1, -0.05) is 6.92 Å². The van der Waals surface area contributed by atoms with E-state index in [2.05, 4.69) is 31.6 Å². The van der Waals surface area contributed by atoms with Gasteiger partial charge in [0.2, 0.25) is 0 Å². The van der Waals surface area contributed by atoms with E-state index in [0.29, 0.717) is 12.1 Å².